The van der Waals surface area contributed by atoms with Gasteiger partial charge in [-0.2, -0.15) is 0 Å². The predicted octanol–water partition coefficient (Wildman–Crippen LogP) is 6.12. The van der Waals surface area contributed by atoms with E-state index in [1.165, 1.54) is 19.3 Å². The molecule has 5 nitrogen and oxygen atoms in total. The molecule has 34 heavy (non-hydrogen) atoms. The molecule has 2 rings (SSSR count). The zero-order valence-electron chi connectivity index (χ0n) is 23.0. The second kappa shape index (κ2) is 16.1. The fourth-order valence-corrected chi connectivity index (χ4v) is 18.5. The quantitative estimate of drug-likeness (QED) is 0.252. The molecule has 1 aliphatic heterocycles. The molecule has 0 aromatic heterocycles. The fourth-order valence-electron chi connectivity index (χ4n) is 4.26. The average Bonchev–Trinajstić information content (AvgIpc) is 3.14. The average molecular weight is 603 g/mol. The first-order valence-corrected chi connectivity index (χ1v) is 22.6. The monoisotopic (exact) mass is 601 g/mol. The molecule has 1 atom stereocenters. The molecule has 0 N–H and O–H groups in total. The van der Waals surface area contributed by atoms with Crippen LogP contribution in [0.5, 0.6) is 0 Å². The SMILES string of the molecule is CCCN(CC)CC1COC2(CCC(C(C)(C)C)CC2)O1.CN(C)C(=S)[S][Zn][S]C(=S)N(C)C. The van der Waals surface area contributed by atoms with Crippen LogP contribution >= 0.6 is 43.9 Å². The molecule has 0 radical (unpaired) electrons. The van der Waals surface area contributed by atoms with E-state index in [9.17, 15) is 0 Å². The van der Waals surface area contributed by atoms with Crippen LogP contribution in [0.1, 0.15) is 66.7 Å². The van der Waals surface area contributed by atoms with Crippen LogP contribution < -0.4 is 0 Å². The van der Waals surface area contributed by atoms with E-state index in [1.807, 2.05) is 57.5 Å². The summed E-state index contributed by atoms with van der Waals surface area (Å²) in [4.78, 5) is 6.43. The Labute approximate surface area is 234 Å². The van der Waals surface area contributed by atoms with Crippen molar-refractivity contribution in [3.05, 3.63) is 0 Å². The van der Waals surface area contributed by atoms with Gasteiger partial charge in [0, 0.05) is 19.4 Å². The number of ether oxygens (including phenoxy) is 2. The number of likely N-dealkylation sites (N-methyl/N-ethyl adjacent to an activating group) is 1. The van der Waals surface area contributed by atoms with Crippen molar-refractivity contribution in [1.82, 2.24) is 14.7 Å². The molecular weight excluding hydrogens is 556 g/mol. The van der Waals surface area contributed by atoms with Crippen LogP contribution in [0.15, 0.2) is 0 Å². The number of rotatable bonds is 7. The van der Waals surface area contributed by atoms with Gasteiger partial charge in [-0.05, 0) is 43.7 Å². The van der Waals surface area contributed by atoms with E-state index in [4.69, 9.17) is 33.9 Å². The zero-order chi connectivity index (χ0) is 25.9. The van der Waals surface area contributed by atoms with E-state index in [0.29, 0.717) is 5.41 Å². The molecule has 0 aromatic carbocycles. The van der Waals surface area contributed by atoms with Crippen molar-refractivity contribution in [3.8, 4) is 0 Å². The Morgan fingerprint density at radius 1 is 1.00 bits per heavy atom. The molecule has 0 amide bonds. The van der Waals surface area contributed by atoms with E-state index in [1.54, 1.807) is 0 Å². The molecule has 0 bridgehead atoms. The number of nitrogens with zero attached hydrogens (tertiary/aromatic N) is 3. The Hall–Kier alpha value is 0.983. The molecule has 1 saturated carbocycles. The van der Waals surface area contributed by atoms with Gasteiger partial charge in [0.05, 0.1) is 12.7 Å². The Kier molecular flexibility index (Phi) is 15.6. The first kappa shape index (κ1) is 33.0. The second-order valence-electron chi connectivity index (χ2n) is 10.7. The van der Waals surface area contributed by atoms with E-state index in [-0.39, 0.29) is 11.9 Å². The van der Waals surface area contributed by atoms with Crippen molar-refractivity contribution >= 4 is 52.6 Å². The van der Waals surface area contributed by atoms with Crippen LogP contribution in [0, 0.1) is 11.3 Å². The third-order valence-corrected chi connectivity index (χ3v) is 20.6. The van der Waals surface area contributed by atoms with Crippen molar-refractivity contribution in [2.45, 2.75) is 78.6 Å². The minimum atomic E-state index is -0.716. The number of hydrogen-bond donors (Lipinski definition) is 0. The van der Waals surface area contributed by atoms with E-state index in [0.717, 1.165) is 53.6 Å². The number of hydrogen-bond acceptors (Lipinski definition) is 7. The molecule has 1 aliphatic carbocycles. The predicted molar refractivity (Wildman–Crippen MR) is 155 cm³/mol. The summed E-state index contributed by atoms with van der Waals surface area (Å²) in [6.07, 6.45) is 6.10. The topological polar surface area (TPSA) is 28.2 Å². The molecule has 1 saturated heterocycles. The van der Waals surface area contributed by atoms with Crippen LogP contribution in [0.2, 0.25) is 0 Å². The molecule has 2 aliphatic rings. The third-order valence-electron chi connectivity index (χ3n) is 6.43. The van der Waals surface area contributed by atoms with Crippen molar-refractivity contribution in [2.24, 2.45) is 11.3 Å². The molecule has 0 aromatic rings. The van der Waals surface area contributed by atoms with Gasteiger partial charge in [0.25, 0.3) is 0 Å². The summed E-state index contributed by atoms with van der Waals surface area (Å²) < 4.78 is 14.5. The normalized spacial score (nSPS) is 24.4. The van der Waals surface area contributed by atoms with Crippen LogP contribution in [0.4, 0.5) is 0 Å². The molecule has 1 unspecified atom stereocenters. The van der Waals surface area contributed by atoms with Gasteiger partial charge in [-0.3, -0.25) is 0 Å². The Morgan fingerprint density at radius 2 is 1.53 bits per heavy atom. The minimum absolute atomic E-state index is 0.252. The van der Waals surface area contributed by atoms with Gasteiger partial charge in [-0.1, -0.05) is 34.6 Å². The van der Waals surface area contributed by atoms with Gasteiger partial charge in [0.15, 0.2) is 5.79 Å². The van der Waals surface area contributed by atoms with Crippen LogP contribution in [0.3, 0.4) is 0 Å². The standard InChI is InChI=1S/C18H35NO2.2C3H7NS2.Zn/c1-6-12-19(7-2)13-16-14-20-18(21-16)10-8-15(9-11-18)17(3,4)5;2*1-4(2)3(5)6;/h15-16H,6-14H2,1-5H3;2*1-2H3,(H,5,6);/q;;;+2/p-2. The van der Waals surface area contributed by atoms with Gasteiger partial charge in [0.2, 0.25) is 0 Å². The Morgan fingerprint density at radius 3 is 1.94 bits per heavy atom. The van der Waals surface area contributed by atoms with E-state index in [2.05, 4.69) is 39.5 Å². The molecule has 1 heterocycles. The maximum atomic E-state index is 6.37. The van der Waals surface area contributed by atoms with Gasteiger partial charge < -0.3 is 14.4 Å². The third kappa shape index (κ3) is 12.0. The van der Waals surface area contributed by atoms with Crippen LogP contribution in [-0.2, 0) is 24.2 Å². The summed E-state index contributed by atoms with van der Waals surface area (Å²) in [5.74, 6) is 0.555. The summed E-state index contributed by atoms with van der Waals surface area (Å²) in [7, 11) is 11.6. The molecule has 10 heteroatoms. The zero-order valence-corrected chi connectivity index (χ0v) is 29.3. The van der Waals surface area contributed by atoms with E-state index < -0.39 is 14.7 Å². The summed E-state index contributed by atoms with van der Waals surface area (Å²) in [6, 6.07) is 0. The first-order valence-electron chi connectivity index (χ1n) is 12.6. The van der Waals surface area contributed by atoms with Crippen molar-refractivity contribution < 1.29 is 24.2 Å². The van der Waals surface area contributed by atoms with Gasteiger partial charge in [0.1, 0.15) is 0 Å². The number of thiocarbonyl (C=S) groups is 2. The van der Waals surface area contributed by atoms with Crippen molar-refractivity contribution in [2.75, 3.05) is 54.4 Å². The van der Waals surface area contributed by atoms with Crippen molar-refractivity contribution in [1.29, 1.82) is 0 Å². The van der Waals surface area contributed by atoms with Gasteiger partial charge >= 0.3 is 105 Å². The summed E-state index contributed by atoms with van der Waals surface area (Å²) in [5, 5.41) is 0. The van der Waals surface area contributed by atoms with E-state index >= 15 is 0 Å². The summed E-state index contributed by atoms with van der Waals surface area (Å²) >= 11 is 9.61. The fraction of sp³-hybridized carbons (Fsp3) is 0.917. The molecule has 1 spiro atoms. The van der Waals surface area contributed by atoms with Gasteiger partial charge in [-0.15, -0.1) is 0 Å². The van der Waals surface area contributed by atoms with Gasteiger partial charge in [-0.25, -0.2) is 0 Å². The first-order chi connectivity index (χ1) is 15.8. The van der Waals surface area contributed by atoms with Crippen LogP contribution in [0.25, 0.3) is 0 Å². The van der Waals surface area contributed by atoms with Crippen molar-refractivity contribution in [3.63, 3.8) is 0 Å². The van der Waals surface area contributed by atoms with Crippen LogP contribution in [-0.4, -0.2) is 89.7 Å². The molecule has 196 valence electrons. The maximum absolute atomic E-state index is 6.37. The summed E-state index contributed by atoms with van der Waals surface area (Å²) in [6.45, 7) is 15.6. The second-order valence-corrected chi connectivity index (χ2v) is 22.4. The Balaban J connectivity index is 0.000000385. The molecular formula is C24H47N3O2S4Zn. The Bertz CT molecular complexity index is 604. The molecule has 2 fully saturated rings. The summed E-state index contributed by atoms with van der Waals surface area (Å²) in [5.41, 5.74) is 0.416.